The average Bonchev–Trinajstić information content (AvgIpc) is 3.38. The number of pyridine rings is 2. The molecule has 0 fully saturated rings. The molecule has 0 aliphatic carbocycles. The molecule has 0 bridgehead atoms. The lowest BCUT2D eigenvalue weighted by molar-refractivity contribution is -0.172. The molecule has 6 rings (SSSR count). The minimum atomic E-state index is -1.91. The van der Waals surface area contributed by atoms with Crippen molar-refractivity contribution in [3.63, 3.8) is 0 Å². The molecule has 4 aromatic rings. The van der Waals surface area contributed by atoms with Crippen LogP contribution in [0.15, 0.2) is 64.5 Å². The van der Waals surface area contributed by atoms with E-state index in [0.717, 1.165) is 11.1 Å². The number of fused-ring (bicyclic) bond motifs is 5. The third-order valence-electron chi connectivity index (χ3n) is 8.27. The van der Waals surface area contributed by atoms with Gasteiger partial charge in [0.15, 0.2) is 5.60 Å². The number of aliphatic hydroxyl groups is 1. The minimum absolute atomic E-state index is 0.0556. The number of cyclic esters (lactones) is 1. The molecular formula is C35H36N4O7. The van der Waals surface area contributed by atoms with Gasteiger partial charge >= 0.3 is 11.9 Å². The summed E-state index contributed by atoms with van der Waals surface area (Å²) < 4.78 is 12.6. The van der Waals surface area contributed by atoms with Crippen LogP contribution in [0.5, 0.6) is 5.75 Å². The zero-order chi connectivity index (χ0) is 32.8. The van der Waals surface area contributed by atoms with Crippen molar-refractivity contribution in [3.8, 4) is 17.1 Å². The van der Waals surface area contributed by atoms with E-state index in [9.17, 15) is 19.5 Å². The summed E-state index contributed by atoms with van der Waals surface area (Å²) in [4.78, 5) is 49.7. The number of aromatic nitrogens is 2. The topological polar surface area (TPSA) is 155 Å². The predicted octanol–water partition coefficient (Wildman–Crippen LogP) is 3.90. The molecule has 0 saturated carbocycles. The fourth-order valence-corrected chi connectivity index (χ4v) is 5.86. The highest BCUT2D eigenvalue weighted by Crippen LogP contribution is 2.40. The Hall–Kier alpha value is -4.87. The van der Waals surface area contributed by atoms with Gasteiger partial charge in [0, 0.05) is 34.7 Å². The lowest BCUT2D eigenvalue weighted by Crippen LogP contribution is -2.44. The van der Waals surface area contributed by atoms with Crippen LogP contribution in [0.3, 0.4) is 0 Å². The first kappa shape index (κ1) is 31.1. The fourth-order valence-electron chi connectivity index (χ4n) is 5.86. The summed E-state index contributed by atoms with van der Waals surface area (Å²) in [5.74, 6) is -1.04. The van der Waals surface area contributed by atoms with Gasteiger partial charge in [-0.25, -0.2) is 14.6 Å². The summed E-state index contributed by atoms with van der Waals surface area (Å²) in [7, 11) is 0. The van der Waals surface area contributed by atoms with Crippen LogP contribution in [0.1, 0.15) is 61.9 Å². The standard InChI is InChI=1S/C35H36N4O7/c1-5-35(43)25-17-28-30-21(18-39(28)31(40)24(25)19-44-33(35)42)16-23-22(13-14-37-46-34(2,3)4)29(12-11-27(23)38-30)45-32(41)26(36)15-20-9-7-6-8-10-20/h6-12,14,16-17,26,43H,5,13,15,18-19,36H2,1-4H3/t26-,35+/m1/s1. The molecule has 2 atom stereocenters. The van der Waals surface area contributed by atoms with Crippen LogP contribution in [-0.4, -0.2) is 44.5 Å². The van der Waals surface area contributed by atoms with Crippen LogP contribution in [0, 0.1) is 0 Å². The van der Waals surface area contributed by atoms with Gasteiger partial charge in [-0.15, -0.1) is 0 Å². The second-order valence-corrected chi connectivity index (χ2v) is 12.6. The Kier molecular flexibility index (Phi) is 7.99. The van der Waals surface area contributed by atoms with Crippen molar-refractivity contribution in [2.45, 2.75) is 77.4 Å². The summed E-state index contributed by atoms with van der Waals surface area (Å²) in [6.07, 6.45) is 2.23. The zero-order valence-electron chi connectivity index (χ0n) is 26.2. The van der Waals surface area contributed by atoms with Gasteiger partial charge in [0.2, 0.25) is 0 Å². The van der Waals surface area contributed by atoms with E-state index in [0.29, 0.717) is 40.0 Å². The van der Waals surface area contributed by atoms with Gasteiger partial charge in [-0.2, -0.15) is 0 Å². The molecule has 2 aromatic heterocycles. The first-order chi connectivity index (χ1) is 21.9. The summed E-state index contributed by atoms with van der Waals surface area (Å²) >= 11 is 0. The lowest BCUT2D eigenvalue weighted by atomic mass is 9.86. The van der Waals surface area contributed by atoms with Gasteiger partial charge in [0.1, 0.15) is 24.0 Å². The number of hydrogen-bond donors (Lipinski definition) is 2. The monoisotopic (exact) mass is 624 g/mol. The second kappa shape index (κ2) is 11.8. The number of nitrogens with two attached hydrogens (primary N) is 1. The SMILES string of the molecule is CC[C@@]1(O)C(=O)OCc2c1cc1n(c2=O)Cc2cc3c(CC=NOC(C)(C)C)c(OC(=O)[C@H](N)Cc4ccccc4)ccc3nc2-1. The largest absolute Gasteiger partial charge is 0.458 e. The maximum atomic E-state index is 13.6. The van der Waals surface area contributed by atoms with Crippen LogP contribution < -0.4 is 16.0 Å². The maximum Gasteiger partial charge on any atom is 0.343 e. The molecule has 11 nitrogen and oxygen atoms in total. The molecule has 4 heterocycles. The lowest BCUT2D eigenvalue weighted by Gasteiger charge is -2.31. The number of hydrogen-bond acceptors (Lipinski definition) is 10. The Labute approximate surface area is 265 Å². The van der Waals surface area contributed by atoms with Crippen molar-refractivity contribution in [1.29, 1.82) is 0 Å². The third kappa shape index (κ3) is 5.67. The highest BCUT2D eigenvalue weighted by atomic mass is 16.6. The van der Waals surface area contributed by atoms with Gasteiger partial charge in [-0.05, 0) is 63.4 Å². The fraction of sp³-hybridized carbons (Fsp3) is 0.343. The van der Waals surface area contributed by atoms with Gasteiger partial charge < -0.3 is 29.7 Å². The van der Waals surface area contributed by atoms with Crippen LogP contribution in [-0.2, 0) is 50.8 Å². The normalized spacial score (nSPS) is 17.7. The Balaban J connectivity index is 1.40. The molecule has 0 saturated heterocycles. The molecule has 2 aliphatic rings. The number of carbonyl (C=O) groups excluding carboxylic acids is 2. The molecule has 238 valence electrons. The summed E-state index contributed by atoms with van der Waals surface area (Å²) in [5.41, 5.74) is 7.99. The molecular weight excluding hydrogens is 588 g/mol. The molecule has 0 unspecified atom stereocenters. The number of ether oxygens (including phenoxy) is 2. The second-order valence-electron chi connectivity index (χ2n) is 12.6. The Morgan fingerprint density at radius 3 is 2.67 bits per heavy atom. The molecule has 0 amide bonds. The number of nitrogens with zero attached hydrogens (tertiary/aromatic N) is 3. The van der Waals surface area contributed by atoms with E-state index in [4.69, 9.17) is 25.0 Å². The van der Waals surface area contributed by atoms with E-state index in [-0.39, 0.29) is 42.7 Å². The van der Waals surface area contributed by atoms with E-state index in [1.54, 1.807) is 35.9 Å². The van der Waals surface area contributed by atoms with Crippen molar-refractivity contribution >= 4 is 29.1 Å². The van der Waals surface area contributed by atoms with Gasteiger partial charge in [-0.1, -0.05) is 42.4 Å². The highest BCUT2D eigenvalue weighted by Gasteiger charge is 2.45. The Bertz CT molecular complexity index is 1950. The van der Waals surface area contributed by atoms with Crippen LogP contribution in [0.4, 0.5) is 0 Å². The average molecular weight is 625 g/mol. The van der Waals surface area contributed by atoms with E-state index in [1.807, 2.05) is 57.2 Å². The van der Waals surface area contributed by atoms with E-state index >= 15 is 0 Å². The zero-order valence-corrected chi connectivity index (χ0v) is 26.2. The highest BCUT2D eigenvalue weighted by molar-refractivity contribution is 5.92. The number of benzene rings is 2. The molecule has 0 radical (unpaired) electrons. The van der Waals surface area contributed by atoms with Crippen LogP contribution in [0.2, 0.25) is 0 Å². The minimum Gasteiger partial charge on any atom is -0.458 e. The Morgan fingerprint density at radius 2 is 1.96 bits per heavy atom. The summed E-state index contributed by atoms with van der Waals surface area (Å²) in [6.45, 7) is 7.34. The van der Waals surface area contributed by atoms with E-state index in [1.165, 1.54) is 0 Å². The number of oxime groups is 1. The number of carbonyl (C=O) groups is 2. The van der Waals surface area contributed by atoms with E-state index < -0.39 is 29.2 Å². The Morgan fingerprint density at radius 1 is 1.20 bits per heavy atom. The smallest absolute Gasteiger partial charge is 0.343 e. The van der Waals surface area contributed by atoms with Crippen molar-refractivity contribution in [2.24, 2.45) is 10.9 Å². The molecule has 3 N–H and O–H groups in total. The van der Waals surface area contributed by atoms with Gasteiger partial charge in [0.05, 0.1) is 29.0 Å². The van der Waals surface area contributed by atoms with Gasteiger partial charge in [0.25, 0.3) is 5.56 Å². The van der Waals surface area contributed by atoms with Crippen LogP contribution >= 0.6 is 0 Å². The first-order valence-electron chi connectivity index (χ1n) is 15.2. The van der Waals surface area contributed by atoms with E-state index in [2.05, 4.69) is 5.16 Å². The molecule has 2 aromatic carbocycles. The van der Waals surface area contributed by atoms with Crippen LogP contribution in [0.25, 0.3) is 22.3 Å². The molecule has 0 spiro atoms. The molecule has 2 aliphatic heterocycles. The summed E-state index contributed by atoms with van der Waals surface area (Å²) in [6, 6.07) is 15.6. The molecule has 11 heteroatoms. The first-order valence-corrected chi connectivity index (χ1v) is 15.2. The predicted molar refractivity (Wildman–Crippen MR) is 171 cm³/mol. The van der Waals surface area contributed by atoms with Crippen molar-refractivity contribution in [1.82, 2.24) is 9.55 Å². The quantitative estimate of drug-likeness (QED) is 0.113. The maximum absolute atomic E-state index is 13.6. The van der Waals surface area contributed by atoms with Gasteiger partial charge in [-0.3, -0.25) is 4.79 Å². The third-order valence-corrected chi connectivity index (χ3v) is 8.27. The number of rotatable bonds is 8. The van der Waals surface area contributed by atoms with Crippen molar-refractivity contribution in [3.05, 3.63) is 92.8 Å². The summed E-state index contributed by atoms with van der Waals surface area (Å²) in [5, 5.41) is 16.0. The molecule has 46 heavy (non-hydrogen) atoms. The number of esters is 2. The van der Waals surface area contributed by atoms with Crippen molar-refractivity contribution in [2.75, 3.05) is 0 Å². The van der Waals surface area contributed by atoms with Crippen molar-refractivity contribution < 1.29 is 29.0 Å².